The number of nitrogens with zero attached hydrogens (tertiary/aromatic N) is 3. The van der Waals surface area contributed by atoms with Crippen molar-refractivity contribution in [2.24, 2.45) is 16.8 Å². The molecule has 1 N–H and O–H groups in total. The number of benzene rings is 1. The molecule has 4 nitrogen and oxygen atoms in total. The standard InChI is InChI=1S/C21H26N4S.HI/c1-22-21(25-10-8-24(9-11-25)19-7-4-12-26-19)23-14-18-17-13-15-5-2-3-6-16(15)20(17)18;/h2-7,12,17-18,20H,8-11,13-14H2,1H3,(H,22,23);1H. The fourth-order valence-electron chi connectivity index (χ4n) is 4.89. The van der Waals surface area contributed by atoms with E-state index in [4.69, 9.17) is 0 Å². The van der Waals surface area contributed by atoms with E-state index in [2.05, 4.69) is 61.9 Å². The van der Waals surface area contributed by atoms with Gasteiger partial charge in [0.05, 0.1) is 5.00 Å². The van der Waals surface area contributed by atoms with E-state index < -0.39 is 0 Å². The van der Waals surface area contributed by atoms with Crippen molar-refractivity contribution in [3.63, 3.8) is 0 Å². The van der Waals surface area contributed by atoms with Gasteiger partial charge in [0.15, 0.2) is 5.96 Å². The summed E-state index contributed by atoms with van der Waals surface area (Å²) in [7, 11) is 1.91. The lowest BCUT2D eigenvalue weighted by atomic mass is 10.0. The highest BCUT2D eigenvalue weighted by Gasteiger charge is 2.55. The smallest absolute Gasteiger partial charge is 0.193 e. The Morgan fingerprint density at radius 1 is 1.15 bits per heavy atom. The number of fused-ring (bicyclic) bond motifs is 3. The zero-order chi connectivity index (χ0) is 17.5. The minimum atomic E-state index is 0. The minimum absolute atomic E-state index is 0. The van der Waals surface area contributed by atoms with Gasteiger partial charge in [-0.1, -0.05) is 24.3 Å². The molecule has 1 aliphatic heterocycles. The Kier molecular flexibility index (Phi) is 5.64. The first kappa shape index (κ1) is 19.1. The summed E-state index contributed by atoms with van der Waals surface area (Å²) in [5.41, 5.74) is 3.18. The number of guanidine groups is 1. The Morgan fingerprint density at radius 3 is 2.70 bits per heavy atom. The number of rotatable bonds is 3. The number of aliphatic imine (C=N–C) groups is 1. The highest BCUT2D eigenvalue weighted by Crippen LogP contribution is 2.60. The molecule has 1 saturated carbocycles. The average molecular weight is 494 g/mol. The molecule has 3 atom stereocenters. The van der Waals surface area contributed by atoms with E-state index in [9.17, 15) is 0 Å². The SMILES string of the molecule is CN=C(NCC1C2Cc3ccccc3C12)N1CCN(c2cccs2)CC1.I. The highest BCUT2D eigenvalue weighted by molar-refractivity contribution is 14.0. The number of nitrogens with one attached hydrogen (secondary N) is 1. The van der Waals surface area contributed by atoms with Crippen molar-refractivity contribution in [2.75, 3.05) is 44.7 Å². The van der Waals surface area contributed by atoms with Crippen LogP contribution < -0.4 is 10.2 Å². The molecular weight excluding hydrogens is 467 g/mol. The zero-order valence-electron chi connectivity index (χ0n) is 15.7. The second kappa shape index (κ2) is 7.99. The molecular formula is C21H27IN4S. The van der Waals surface area contributed by atoms with Crippen LogP contribution in [0.4, 0.5) is 5.00 Å². The summed E-state index contributed by atoms with van der Waals surface area (Å²) < 4.78 is 0. The molecule has 0 spiro atoms. The summed E-state index contributed by atoms with van der Waals surface area (Å²) >= 11 is 1.83. The predicted octanol–water partition coefficient (Wildman–Crippen LogP) is 3.65. The second-order valence-corrected chi connectivity index (χ2v) is 8.54. The highest BCUT2D eigenvalue weighted by atomic mass is 127. The van der Waals surface area contributed by atoms with Crippen LogP contribution in [0, 0.1) is 11.8 Å². The van der Waals surface area contributed by atoms with Gasteiger partial charge >= 0.3 is 0 Å². The summed E-state index contributed by atoms with van der Waals surface area (Å²) in [6, 6.07) is 13.4. The minimum Gasteiger partial charge on any atom is -0.360 e. The molecule has 1 aromatic carbocycles. The van der Waals surface area contributed by atoms with Gasteiger partial charge in [-0.2, -0.15) is 0 Å². The van der Waals surface area contributed by atoms with Gasteiger partial charge in [-0.15, -0.1) is 35.3 Å². The Balaban J connectivity index is 0.00000180. The summed E-state index contributed by atoms with van der Waals surface area (Å²) in [4.78, 5) is 9.45. The Bertz CT molecular complexity index is 798. The first-order valence-electron chi connectivity index (χ1n) is 9.67. The third kappa shape index (κ3) is 3.58. The Hall–Kier alpha value is -1.28. The molecule has 0 bridgehead atoms. The van der Waals surface area contributed by atoms with Crippen molar-refractivity contribution in [3.8, 4) is 0 Å². The van der Waals surface area contributed by atoms with E-state index in [1.54, 1.807) is 11.1 Å². The van der Waals surface area contributed by atoms with Crippen LogP contribution in [0.25, 0.3) is 0 Å². The maximum atomic E-state index is 4.55. The normalized spacial score (nSPS) is 26.3. The van der Waals surface area contributed by atoms with Crippen molar-refractivity contribution in [1.29, 1.82) is 0 Å². The molecule has 144 valence electrons. The molecule has 6 heteroatoms. The number of halogens is 1. The average Bonchev–Trinajstić information content (AvgIpc) is 3.07. The third-order valence-electron chi connectivity index (χ3n) is 6.31. The van der Waals surface area contributed by atoms with Gasteiger partial charge in [0.1, 0.15) is 0 Å². The third-order valence-corrected chi connectivity index (χ3v) is 7.24. The van der Waals surface area contributed by atoms with Crippen LogP contribution in [-0.2, 0) is 6.42 Å². The molecule has 2 heterocycles. The largest absolute Gasteiger partial charge is 0.360 e. The maximum absolute atomic E-state index is 4.55. The number of thiophene rings is 1. The zero-order valence-corrected chi connectivity index (χ0v) is 18.8. The summed E-state index contributed by atoms with van der Waals surface area (Å²) in [6.07, 6.45) is 1.27. The van der Waals surface area contributed by atoms with Crippen LogP contribution in [0.2, 0.25) is 0 Å². The molecule has 0 amide bonds. The van der Waals surface area contributed by atoms with E-state index >= 15 is 0 Å². The molecule has 2 aliphatic carbocycles. The van der Waals surface area contributed by atoms with Gasteiger partial charge in [0.2, 0.25) is 0 Å². The Morgan fingerprint density at radius 2 is 1.96 bits per heavy atom. The summed E-state index contributed by atoms with van der Waals surface area (Å²) in [5, 5.41) is 7.22. The maximum Gasteiger partial charge on any atom is 0.193 e. The lowest BCUT2D eigenvalue weighted by molar-refractivity contribution is 0.372. The van der Waals surface area contributed by atoms with Crippen LogP contribution in [-0.4, -0.2) is 50.6 Å². The van der Waals surface area contributed by atoms with Crippen LogP contribution in [0.5, 0.6) is 0 Å². The van der Waals surface area contributed by atoms with Gasteiger partial charge < -0.3 is 15.1 Å². The number of hydrogen-bond donors (Lipinski definition) is 1. The predicted molar refractivity (Wildman–Crippen MR) is 125 cm³/mol. The van der Waals surface area contributed by atoms with Gasteiger partial charge in [-0.25, -0.2) is 0 Å². The molecule has 1 aromatic heterocycles. The molecule has 3 aliphatic rings. The summed E-state index contributed by atoms with van der Waals surface area (Å²) in [6.45, 7) is 5.28. The van der Waals surface area contributed by atoms with Crippen molar-refractivity contribution in [3.05, 3.63) is 52.9 Å². The fraction of sp³-hybridized carbons (Fsp3) is 0.476. The van der Waals surface area contributed by atoms with E-state index in [0.717, 1.165) is 56.4 Å². The van der Waals surface area contributed by atoms with Gasteiger partial charge in [-0.05, 0) is 52.8 Å². The van der Waals surface area contributed by atoms with Crippen molar-refractivity contribution < 1.29 is 0 Å². The van der Waals surface area contributed by atoms with Gasteiger partial charge in [0, 0.05) is 39.8 Å². The number of anilines is 1. The van der Waals surface area contributed by atoms with Crippen molar-refractivity contribution in [2.45, 2.75) is 12.3 Å². The Labute approximate surface area is 182 Å². The first-order chi connectivity index (χ1) is 12.8. The van der Waals surface area contributed by atoms with Crippen molar-refractivity contribution >= 4 is 46.3 Å². The monoisotopic (exact) mass is 494 g/mol. The molecule has 5 rings (SSSR count). The van der Waals surface area contributed by atoms with E-state index in [1.807, 2.05) is 18.4 Å². The van der Waals surface area contributed by atoms with Gasteiger partial charge in [0.25, 0.3) is 0 Å². The number of piperazine rings is 1. The van der Waals surface area contributed by atoms with Gasteiger partial charge in [-0.3, -0.25) is 4.99 Å². The topological polar surface area (TPSA) is 30.9 Å². The molecule has 2 aromatic rings. The molecule has 27 heavy (non-hydrogen) atoms. The lowest BCUT2D eigenvalue weighted by Crippen LogP contribution is -2.52. The van der Waals surface area contributed by atoms with Crippen LogP contribution >= 0.6 is 35.3 Å². The summed E-state index contributed by atoms with van der Waals surface area (Å²) in [5.74, 6) is 3.50. The van der Waals surface area contributed by atoms with Crippen LogP contribution in [0.15, 0.2) is 46.8 Å². The van der Waals surface area contributed by atoms with E-state index in [-0.39, 0.29) is 24.0 Å². The molecule has 0 radical (unpaired) electrons. The molecule has 3 unspecified atom stereocenters. The molecule has 2 fully saturated rings. The quantitative estimate of drug-likeness (QED) is 0.402. The first-order valence-corrected chi connectivity index (χ1v) is 10.5. The molecule has 1 saturated heterocycles. The van der Waals surface area contributed by atoms with E-state index in [0.29, 0.717) is 0 Å². The van der Waals surface area contributed by atoms with E-state index in [1.165, 1.54) is 11.4 Å². The second-order valence-electron chi connectivity index (χ2n) is 7.61. The van der Waals surface area contributed by atoms with Crippen LogP contribution in [0.1, 0.15) is 17.0 Å². The van der Waals surface area contributed by atoms with Crippen molar-refractivity contribution in [1.82, 2.24) is 10.2 Å². The lowest BCUT2D eigenvalue weighted by Gasteiger charge is -2.37. The van der Waals surface area contributed by atoms with Crippen LogP contribution in [0.3, 0.4) is 0 Å². The fourth-order valence-corrected chi connectivity index (χ4v) is 5.68. The number of hydrogen-bond acceptors (Lipinski definition) is 3.